The lowest BCUT2D eigenvalue weighted by Gasteiger charge is -2.29. The molecule has 0 spiro atoms. The van der Waals surface area contributed by atoms with E-state index in [9.17, 15) is 4.79 Å². The number of ether oxygens (including phenoxy) is 3. The van der Waals surface area contributed by atoms with E-state index in [1.54, 1.807) is 11.9 Å². The van der Waals surface area contributed by atoms with Crippen LogP contribution in [0.25, 0.3) is 0 Å². The van der Waals surface area contributed by atoms with Gasteiger partial charge in [0.2, 0.25) is 0 Å². The van der Waals surface area contributed by atoms with Crippen LogP contribution in [-0.4, -0.2) is 49.2 Å². The topological polar surface area (TPSA) is 48.0 Å². The molecule has 5 heteroatoms. The van der Waals surface area contributed by atoms with Crippen LogP contribution in [-0.2, 0) is 14.2 Å². The van der Waals surface area contributed by atoms with E-state index in [0.29, 0.717) is 6.61 Å². The number of carbonyl (C=O) groups excluding carboxylic acids is 1. The monoisotopic (exact) mass is 243 g/mol. The Morgan fingerprint density at radius 2 is 2.24 bits per heavy atom. The molecule has 2 aliphatic heterocycles. The Kier molecular flexibility index (Phi) is 3.58. The van der Waals surface area contributed by atoms with Gasteiger partial charge < -0.3 is 19.1 Å². The van der Waals surface area contributed by atoms with E-state index in [1.807, 2.05) is 13.8 Å². The van der Waals surface area contributed by atoms with Crippen molar-refractivity contribution in [1.82, 2.24) is 4.90 Å². The summed E-state index contributed by atoms with van der Waals surface area (Å²) in [6.45, 7) is 5.04. The van der Waals surface area contributed by atoms with E-state index in [-0.39, 0.29) is 18.4 Å². The van der Waals surface area contributed by atoms with Crippen molar-refractivity contribution in [3.63, 3.8) is 0 Å². The molecule has 2 heterocycles. The van der Waals surface area contributed by atoms with Crippen molar-refractivity contribution in [3.8, 4) is 0 Å². The first kappa shape index (κ1) is 12.6. The van der Waals surface area contributed by atoms with Gasteiger partial charge in [-0.2, -0.15) is 0 Å². The van der Waals surface area contributed by atoms with Crippen molar-refractivity contribution in [2.45, 2.75) is 51.0 Å². The summed E-state index contributed by atoms with van der Waals surface area (Å²) in [7, 11) is 1.74. The maximum atomic E-state index is 11.5. The van der Waals surface area contributed by atoms with Crippen LogP contribution >= 0.6 is 0 Å². The van der Waals surface area contributed by atoms with Crippen molar-refractivity contribution in [3.05, 3.63) is 0 Å². The van der Waals surface area contributed by atoms with Crippen molar-refractivity contribution in [2.24, 2.45) is 0 Å². The van der Waals surface area contributed by atoms with Crippen molar-refractivity contribution in [1.29, 1.82) is 0 Å². The fraction of sp³-hybridized carbons (Fsp3) is 0.917. The van der Waals surface area contributed by atoms with Gasteiger partial charge >= 0.3 is 6.09 Å². The van der Waals surface area contributed by atoms with Gasteiger partial charge in [-0.05, 0) is 33.1 Å². The average Bonchev–Trinajstić information content (AvgIpc) is 2.48. The number of hydrogen-bond acceptors (Lipinski definition) is 4. The molecule has 0 unspecified atom stereocenters. The molecule has 2 saturated heterocycles. The van der Waals surface area contributed by atoms with E-state index in [4.69, 9.17) is 14.2 Å². The smallest absolute Gasteiger partial charge is 0.410 e. The molecule has 2 atom stereocenters. The lowest BCUT2D eigenvalue weighted by atomic mass is 10.00. The van der Waals surface area contributed by atoms with Gasteiger partial charge in [0.25, 0.3) is 0 Å². The minimum absolute atomic E-state index is 0.0551. The highest BCUT2D eigenvalue weighted by molar-refractivity contribution is 5.71. The molecule has 2 aliphatic rings. The van der Waals surface area contributed by atoms with Gasteiger partial charge in [-0.25, -0.2) is 4.79 Å². The third-order valence-electron chi connectivity index (χ3n) is 3.49. The molecule has 0 aromatic heterocycles. The van der Waals surface area contributed by atoms with Crippen LogP contribution in [0.3, 0.4) is 0 Å². The van der Waals surface area contributed by atoms with Crippen LogP contribution < -0.4 is 0 Å². The maximum absolute atomic E-state index is 11.5. The van der Waals surface area contributed by atoms with Crippen LogP contribution in [0.15, 0.2) is 0 Å². The molecule has 0 aromatic rings. The number of rotatable bonds is 3. The fourth-order valence-corrected chi connectivity index (χ4v) is 2.31. The van der Waals surface area contributed by atoms with E-state index in [2.05, 4.69) is 0 Å². The van der Waals surface area contributed by atoms with Gasteiger partial charge in [0.1, 0.15) is 5.60 Å². The third-order valence-corrected chi connectivity index (χ3v) is 3.49. The Bertz CT molecular complexity index is 286. The normalized spacial score (nSPS) is 32.6. The molecule has 0 aromatic carbocycles. The molecule has 5 nitrogen and oxygen atoms in total. The molecule has 0 radical (unpaired) electrons. The molecule has 0 N–H and O–H groups in total. The zero-order valence-corrected chi connectivity index (χ0v) is 10.8. The lowest BCUT2D eigenvalue weighted by Crippen LogP contribution is -2.44. The molecule has 17 heavy (non-hydrogen) atoms. The van der Waals surface area contributed by atoms with Crippen molar-refractivity contribution < 1.29 is 19.0 Å². The first-order valence-electron chi connectivity index (χ1n) is 6.20. The molecule has 0 aliphatic carbocycles. The van der Waals surface area contributed by atoms with Crippen LogP contribution in [0.5, 0.6) is 0 Å². The van der Waals surface area contributed by atoms with E-state index in [0.717, 1.165) is 25.9 Å². The second-order valence-corrected chi connectivity index (χ2v) is 5.23. The third kappa shape index (κ3) is 2.72. The second kappa shape index (κ2) is 4.82. The van der Waals surface area contributed by atoms with Gasteiger partial charge in [-0.3, -0.25) is 0 Å². The molecule has 98 valence electrons. The quantitative estimate of drug-likeness (QED) is 0.757. The number of nitrogens with zero attached hydrogens (tertiary/aromatic N) is 1. The lowest BCUT2D eigenvalue weighted by molar-refractivity contribution is -0.172. The standard InChI is InChI=1S/C12H21NO4/c1-12(2)9(13(3)11(14)17-12)8-16-10-6-4-5-7-15-10/h9-10H,4-8H2,1-3H3/t9-,10-/m1/s1. The summed E-state index contributed by atoms with van der Waals surface area (Å²) in [5.74, 6) is 0. The van der Waals surface area contributed by atoms with Crippen LogP contribution in [0.4, 0.5) is 4.79 Å². The van der Waals surface area contributed by atoms with Crippen LogP contribution in [0.1, 0.15) is 33.1 Å². The Hall–Kier alpha value is -0.810. The zero-order chi connectivity index (χ0) is 12.5. The summed E-state index contributed by atoms with van der Waals surface area (Å²) >= 11 is 0. The van der Waals surface area contributed by atoms with E-state index >= 15 is 0 Å². The van der Waals surface area contributed by atoms with Gasteiger partial charge in [0.15, 0.2) is 6.29 Å². The van der Waals surface area contributed by atoms with Gasteiger partial charge in [-0.1, -0.05) is 0 Å². The molecule has 1 amide bonds. The van der Waals surface area contributed by atoms with E-state index < -0.39 is 5.60 Å². The van der Waals surface area contributed by atoms with Crippen LogP contribution in [0.2, 0.25) is 0 Å². The highest BCUT2D eigenvalue weighted by atomic mass is 16.7. The Morgan fingerprint density at radius 3 is 2.76 bits per heavy atom. The summed E-state index contributed by atoms with van der Waals surface area (Å²) in [6.07, 6.45) is 2.78. The fourth-order valence-electron chi connectivity index (χ4n) is 2.31. The average molecular weight is 243 g/mol. The number of amides is 1. The minimum atomic E-state index is -0.500. The minimum Gasteiger partial charge on any atom is -0.441 e. The van der Waals surface area contributed by atoms with Crippen molar-refractivity contribution >= 4 is 6.09 Å². The van der Waals surface area contributed by atoms with Gasteiger partial charge in [0, 0.05) is 13.7 Å². The molecule has 0 bridgehead atoms. The predicted molar refractivity (Wildman–Crippen MR) is 61.7 cm³/mol. The van der Waals surface area contributed by atoms with Crippen molar-refractivity contribution in [2.75, 3.05) is 20.3 Å². The van der Waals surface area contributed by atoms with E-state index in [1.165, 1.54) is 0 Å². The van der Waals surface area contributed by atoms with Gasteiger partial charge in [0.05, 0.1) is 12.6 Å². The molecular formula is C12H21NO4. The number of hydrogen-bond donors (Lipinski definition) is 0. The zero-order valence-electron chi connectivity index (χ0n) is 10.8. The van der Waals surface area contributed by atoms with Crippen LogP contribution in [0, 0.1) is 0 Å². The summed E-state index contributed by atoms with van der Waals surface area (Å²) < 4.78 is 16.5. The number of cyclic esters (lactones) is 1. The maximum Gasteiger partial charge on any atom is 0.410 e. The summed E-state index contributed by atoms with van der Waals surface area (Å²) in [5, 5.41) is 0. The highest BCUT2D eigenvalue weighted by Gasteiger charge is 2.46. The number of carbonyl (C=O) groups is 1. The number of likely N-dealkylation sites (N-methyl/N-ethyl adjacent to an activating group) is 1. The molecule has 2 fully saturated rings. The molecule has 0 saturated carbocycles. The Labute approximate surface area is 102 Å². The summed E-state index contributed by atoms with van der Waals surface area (Å²) in [5.41, 5.74) is -0.500. The first-order valence-corrected chi connectivity index (χ1v) is 6.20. The SMILES string of the molecule is CN1C(=O)OC(C)(C)[C@H]1CO[C@@H]1CCCCO1. The largest absolute Gasteiger partial charge is 0.441 e. The summed E-state index contributed by atoms with van der Waals surface area (Å²) in [6, 6.07) is -0.0551. The summed E-state index contributed by atoms with van der Waals surface area (Å²) in [4.78, 5) is 13.1. The van der Waals surface area contributed by atoms with Gasteiger partial charge in [-0.15, -0.1) is 0 Å². The predicted octanol–water partition coefficient (Wildman–Crippen LogP) is 1.76. The Morgan fingerprint density at radius 1 is 1.47 bits per heavy atom. The molecular weight excluding hydrogens is 222 g/mol. The second-order valence-electron chi connectivity index (χ2n) is 5.23. The molecule has 2 rings (SSSR count). The highest BCUT2D eigenvalue weighted by Crippen LogP contribution is 2.29. The Balaban J connectivity index is 1.87. The first-order chi connectivity index (χ1) is 8.00.